The number of rotatable bonds is 4. The number of halogens is 1. The van der Waals surface area contributed by atoms with E-state index in [2.05, 4.69) is 21.3 Å². The molecule has 0 aliphatic heterocycles. The molecule has 7 nitrogen and oxygen atoms in total. The molecule has 2 aliphatic rings. The first-order valence-electron chi connectivity index (χ1n) is 8.12. The van der Waals surface area contributed by atoms with Gasteiger partial charge < -0.3 is 4.74 Å². The molecule has 0 aromatic carbocycles. The van der Waals surface area contributed by atoms with Gasteiger partial charge >= 0.3 is 0 Å². The first-order valence-corrected chi connectivity index (χ1v) is 8.50. The normalized spacial score (nSPS) is 29.9. The number of hydrogen-bond donors (Lipinski definition) is 0. The van der Waals surface area contributed by atoms with Crippen LogP contribution in [-0.2, 0) is 4.74 Å². The smallest absolute Gasteiger partial charge is 0.148 e. The second kappa shape index (κ2) is 5.04. The van der Waals surface area contributed by atoms with E-state index in [1.54, 1.807) is 30.2 Å². The van der Waals surface area contributed by atoms with Gasteiger partial charge in [-0.3, -0.25) is 4.68 Å². The maximum atomic E-state index is 9.17. The van der Waals surface area contributed by atoms with Gasteiger partial charge in [-0.1, -0.05) is 11.6 Å². The van der Waals surface area contributed by atoms with Gasteiger partial charge in [0.2, 0.25) is 0 Å². The average Bonchev–Trinajstić information content (AvgIpc) is 3.05. The molecule has 8 heteroatoms. The molecule has 0 spiro atoms. The van der Waals surface area contributed by atoms with E-state index < -0.39 is 0 Å². The number of methoxy groups -OCH3 is 1. The first-order chi connectivity index (χ1) is 12.2. The Morgan fingerprint density at radius 2 is 2.32 bits per heavy atom. The lowest BCUT2D eigenvalue weighted by molar-refractivity contribution is -0.00412. The van der Waals surface area contributed by atoms with E-state index in [0.717, 1.165) is 23.2 Å². The summed E-state index contributed by atoms with van der Waals surface area (Å²) in [5.74, 6) is 0.368. The number of ether oxygens (including phenoxy) is 1. The summed E-state index contributed by atoms with van der Waals surface area (Å²) in [4.78, 5) is 4.45. The third-order valence-electron chi connectivity index (χ3n) is 5.70. The largest absolute Gasteiger partial charge is 0.381 e. The molecule has 0 amide bonds. The molecule has 0 N–H and O–H groups in total. The van der Waals surface area contributed by atoms with Crippen LogP contribution in [0.25, 0.3) is 16.8 Å². The first kappa shape index (κ1) is 14.9. The van der Waals surface area contributed by atoms with Crippen LogP contribution < -0.4 is 0 Å². The number of fused-ring (bicyclic) bond motifs is 2. The predicted molar refractivity (Wildman–Crippen MR) is 89.8 cm³/mol. The van der Waals surface area contributed by atoms with Gasteiger partial charge in [-0.05, 0) is 12.5 Å². The van der Waals surface area contributed by atoms with Crippen molar-refractivity contribution >= 4 is 17.1 Å². The van der Waals surface area contributed by atoms with Crippen LogP contribution >= 0.6 is 11.6 Å². The Balaban J connectivity index is 1.52. The van der Waals surface area contributed by atoms with Crippen molar-refractivity contribution in [3.8, 4) is 17.3 Å². The highest BCUT2D eigenvalue weighted by Gasteiger charge is 2.77. The summed E-state index contributed by atoms with van der Waals surface area (Å²) < 4.78 is 9.20. The third-order valence-corrected chi connectivity index (χ3v) is 5.88. The molecule has 5 rings (SSSR count). The third kappa shape index (κ3) is 1.92. The van der Waals surface area contributed by atoms with Crippen molar-refractivity contribution in [1.82, 2.24) is 24.4 Å². The summed E-state index contributed by atoms with van der Waals surface area (Å²) in [6.45, 7) is 0. The van der Waals surface area contributed by atoms with E-state index in [9.17, 15) is 5.26 Å². The number of nitriles is 1. The van der Waals surface area contributed by atoms with Crippen LogP contribution in [0.3, 0.4) is 0 Å². The van der Waals surface area contributed by atoms with E-state index in [1.165, 1.54) is 0 Å². The lowest BCUT2D eigenvalue weighted by Crippen LogP contribution is -2.32. The molecular formula is C17H15ClN6O. The molecule has 0 saturated heterocycles. The Morgan fingerprint density at radius 1 is 1.44 bits per heavy atom. The fourth-order valence-corrected chi connectivity index (χ4v) is 4.67. The molecule has 2 aliphatic carbocycles. The maximum absolute atomic E-state index is 9.17. The molecule has 3 unspecified atom stereocenters. The van der Waals surface area contributed by atoms with Crippen LogP contribution in [0.5, 0.6) is 0 Å². The van der Waals surface area contributed by atoms with E-state index in [4.69, 9.17) is 16.3 Å². The zero-order valence-corrected chi connectivity index (χ0v) is 14.3. The zero-order chi connectivity index (χ0) is 17.2. The Morgan fingerprint density at radius 3 is 3.12 bits per heavy atom. The van der Waals surface area contributed by atoms with Crippen molar-refractivity contribution < 1.29 is 4.74 Å². The van der Waals surface area contributed by atoms with E-state index in [0.29, 0.717) is 17.5 Å². The van der Waals surface area contributed by atoms with Crippen LogP contribution in [0.1, 0.15) is 18.9 Å². The highest BCUT2D eigenvalue weighted by atomic mass is 35.5. The fourth-order valence-electron chi connectivity index (χ4n) is 4.50. The number of hydrogen-bond acceptors (Lipinski definition) is 5. The molecule has 0 radical (unpaired) electrons. The van der Waals surface area contributed by atoms with Crippen LogP contribution in [0.2, 0.25) is 5.15 Å². The minimum absolute atomic E-state index is 0.0202. The summed E-state index contributed by atoms with van der Waals surface area (Å²) in [5, 5.41) is 18.3. The number of aromatic nitrogens is 5. The quantitative estimate of drug-likeness (QED) is 0.719. The summed E-state index contributed by atoms with van der Waals surface area (Å²) in [5.41, 5.74) is 2.54. The van der Waals surface area contributed by atoms with Crippen LogP contribution in [0.4, 0.5) is 0 Å². The molecule has 2 fully saturated rings. The summed E-state index contributed by atoms with van der Waals surface area (Å²) >= 11 is 6.12. The van der Waals surface area contributed by atoms with Gasteiger partial charge in [-0.2, -0.15) is 15.5 Å². The molecule has 0 bridgehead atoms. The van der Waals surface area contributed by atoms with E-state index in [1.807, 2.05) is 16.9 Å². The summed E-state index contributed by atoms with van der Waals surface area (Å²) in [7, 11) is 1.73. The van der Waals surface area contributed by atoms with E-state index >= 15 is 0 Å². The molecular weight excluding hydrogens is 340 g/mol. The van der Waals surface area contributed by atoms with Gasteiger partial charge in [0.05, 0.1) is 42.3 Å². The minimum atomic E-state index is 0.0202. The van der Waals surface area contributed by atoms with Crippen molar-refractivity contribution in [3.05, 3.63) is 36.0 Å². The summed E-state index contributed by atoms with van der Waals surface area (Å²) in [6, 6.07) is 4.44. The zero-order valence-electron chi connectivity index (χ0n) is 13.5. The highest BCUT2D eigenvalue weighted by Crippen LogP contribution is 2.76. The monoisotopic (exact) mass is 354 g/mol. The number of nitrogens with zero attached hydrogens (tertiary/aromatic N) is 6. The van der Waals surface area contributed by atoms with Gasteiger partial charge in [0.1, 0.15) is 10.8 Å². The lowest BCUT2D eigenvalue weighted by atomic mass is 9.80. The van der Waals surface area contributed by atoms with Gasteiger partial charge in [0, 0.05) is 36.6 Å². The maximum Gasteiger partial charge on any atom is 0.148 e. The molecule has 2 saturated carbocycles. The molecule has 3 aromatic heterocycles. The predicted octanol–water partition coefficient (Wildman–Crippen LogP) is 2.74. The summed E-state index contributed by atoms with van der Waals surface area (Å²) in [6.07, 6.45) is 8.86. The van der Waals surface area contributed by atoms with Crippen molar-refractivity contribution in [3.63, 3.8) is 0 Å². The SMILES string of the molecule is COC1C[C@@]2(CC#N)C1C2n1cc(-c2nc(Cl)cn3nccc23)cn1. The van der Waals surface area contributed by atoms with Gasteiger partial charge in [-0.25, -0.2) is 9.50 Å². The van der Waals surface area contributed by atoms with Gasteiger partial charge in [-0.15, -0.1) is 0 Å². The van der Waals surface area contributed by atoms with E-state index in [-0.39, 0.29) is 17.6 Å². The minimum Gasteiger partial charge on any atom is -0.381 e. The Labute approximate surface area is 148 Å². The topological polar surface area (TPSA) is 81.0 Å². The van der Waals surface area contributed by atoms with Crippen LogP contribution in [0.15, 0.2) is 30.9 Å². The second-order valence-electron chi connectivity index (χ2n) is 6.80. The standard InChI is InChI=1S/C17H15ClN6O/c1-25-12-6-17(3-4-19)14(12)16(17)24-8-10(7-21-24)15-11-2-5-20-23(11)9-13(18)22-15/h2,5,7-9,12,14,16H,3,6H2,1H3/t12?,14?,16?,17-/m0/s1. The lowest BCUT2D eigenvalue weighted by Gasteiger charge is -2.30. The van der Waals surface area contributed by atoms with Crippen molar-refractivity contribution in [2.45, 2.75) is 25.0 Å². The fraction of sp³-hybridized carbons (Fsp3) is 0.412. The second-order valence-corrected chi connectivity index (χ2v) is 7.19. The van der Waals surface area contributed by atoms with Crippen molar-refractivity contribution in [1.29, 1.82) is 5.26 Å². The Hall–Kier alpha value is -2.43. The highest BCUT2D eigenvalue weighted by molar-refractivity contribution is 6.29. The van der Waals surface area contributed by atoms with Gasteiger partial charge in [0.15, 0.2) is 0 Å². The van der Waals surface area contributed by atoms with Crippen molar-refractivity contribution in [2.75, 3.05) is 7.11 Å². The molecule has 25 heavy (non-hydrogen) atoms. The van der Waals surface area contributed by atoms with Gasteiger partial charge in [0.25, 0.3) is 0 Å². The Bertz CT molecular complexity index is 1020. The molecule has 3 heterocycles. The molecule has 126 valence electrons. The van der Waals surface area contributed by atoms with Crippen LogP contribution in [0, 0.1) is 22.7 Å². The molecule has 3 aromatic rings. The Kier molecular flexibility index (Phi) is 3.00. The molecule has 4 atom stereocenters. The average molecular weight is 355 g/mol. The van der Waals surface area contributed by atoms with Crippen LogP contribution in [-0.4, -0.2) is 37.6 Å². The van der Waals surface area contributed by atoms with Crippen molar-refractivity contribution in [2.24, 2.45) is 11.3 Å².